The van der Waals surface area contributed by atoms with Gasteiger partial charge in [-0.3, -0.25) is 9.97 Å². The lowest BCUT2D eigenvalue weighted by atomic mass is 9.92. The predicted octanol–water partition coefficient (Wildman–Crippen LogP) is 3.37. The summed E-state index contributed by atoms with van der Waals surface area (Å²) < 4.78 is 0. The number of H-pyrrole nitrogens is 1. The number of aromatic amines is 1. The van der Waals surface area contributed by atoms with Crippen molar-refractivity contribution in [3.05, 3.63) is 46.9 Å². The molecule has 0 aromatic carbocycles. The molecule has 1 aliphatic carbocycles. The third-order valence-electron chi connectivity index (χ3n) is 4.69. The number of aromatic nitrogens is 3. The summed E-state index contributed by atoms with van der Waals surface area (Å²) in [5.41, 5.74) is 8.23. The monoisotopic (exact) mass is 336 g/mol. The van der Waals surface area contributed by atoms with Crippen molar-refractivity contribution >= 4 is 17.1 Å². The summed E-state index contributed by atoms with van der Waals surface area (Å²) in [6.07, 6.45) is 1.32. The molecule has 128 valence electrons. The van der Waals surface area contributed by atoms with E-state index >= 15 is 0 Å². The number of rotatable bonds is 2. The molecule has 0 radical (unpaired) electrons. The van der Waals surface area contributed by atoms with Gasteiger partial charge >= 0.3 is 6.09 Å². The molecule has 3 aromatic heterocycles. The molecular formula is C19H20N4O2. The van der Waals surface area contributed by atoms with Crippen molar-refractivity contribution in [1.29, 1.82) is 0 Å². The first-order chi connectivity index (χ1) is 12.0. The molecule has 3 N–H and O–H groups in total. The lowest BCUT2D eigenvalue weighted by Gasteiger charge is -2.23. The van der Waals surface area contributed by atoms with Crippen LogP contribution in [0.4, 0.5) is 4.79 Å². The molecule has 1 amide bonds. The SMILES string of the molecule is Cc1cc(-c2cc3nc4c(cc3[nH]2)CCC(NC(=O)O)C4)cc(C)n1. The number of hydrogen-bond donors (Lipinski definition) is 3. The number of fused-ring (bicyclic) bond motifs is 2. The summed E-state index contributed by atoms with van der Waals surface area (Å²) in [7, 11) is 0. The van der Waals surface area contributed by atoms with Gasteiger partial charge in [0.1, 0.15) is 0 Å². The maximum absolute atomic E-state index is 10.9. The molecular weight excluding hydrogens is 316 g/mol. The van der Waals surface area contributed by atoms with Gasteiger partial charge in [-0.25, -0.2) is 4.79 Å². The van der Waals surface area contributed by atoms with Crippen LogP contribution in [0, 0.1) is 13.8 Å². The van der Waals surface area contributed by atoms with Crippen LogP contribution >= 0.6 is 0 Å². The van der Waals surface area contributed by atoms with Crippen molar-refractivity contribution in [2.75, 3.05) is 0 Å². The zero-order chi connectivity index (χ0) is 17.6. The van der Waals surface area contributed by atoms with Gasteiger partial charge in [0.15, 0.2) is 0 Å². The first-order valence-electron chi connectivity index (χ1n) is 8.44. The molecule has 0 aliphatic heterocycles. The lowest BCUT2D eigenvalue weighted by Crippen LogP contribution is -2.38. The van der Waals surface area contributed by atoms with Crippen molar-refractivity contribution in [2.24, 2.45) is 0 Å². The molecule has 3 heterocycles. The van der Waals surface area contributed by atoms with E-state index in [1.165, 1.54) is 5.56 Å². The van der Waals surface area contributed by atoms with Gasteiger partial charge < -0.3 is 15.4 Å². The van der Waals surface area contributed by atoms with E-state index in [0.29, 0.717) is 6.42 Å². The highest BCUT2D eigenvalue weighted by atomic mass is 16.4. The normalized spacial score (nSPS) is 16.6. The average molecular weight is 336 g/mol. The summed E-state index contributed by atoms with van der Waals surface area (Å²) in [5, 5.41) is 11.5. The largest absolute Gasteiger partial charge is 0.465 e. The van der Waals surface area contributed by atoms with Crippen LogP contribution in [0.2, 0.25) is 0 Å². The smallest absolute Gasteiger partial charge is 0.404 e. The number of carboxylic acid groups (broad SMARTS) is 1. The molecule has 0 spiro atoms. The molecule has 0 fully saturated rings. The van der Waals surface area contributed by atoms with Gasteiger partial charge in [-0.15, -0.1) is 0 Å². The second-order valence-corrected chi connectivity index (χ2v) is 6.74. The Morgan fingerprint density at radius 1 is 1.20 bits per heavy atom. The number of hydrogen-bond acceptors (Lipinski definition) is 3. The van der Waals surface area contributed by atoms with Crippen LogP contribution in [0.15, 0.2) is 24.3 Å². The quantitative estimate of drug-likeness (QED) is 0.669. The standard InChI is InChI=1S/C19H20N4O2/c1-10-5-13(6-11(2)20-10)16-9-18-17(23-16)7-12-3-4-14(21-19(24)25)8-15(12)22-18/h5-7,9,14,21,23H,3-4,8H2,1-2H3,(H,24,25). The first-order valence-corrected chi connectivity index (χ1v) is 8.44. The van der Waals surface area contributed by atoms with Crippen LogP contribution in [0.3, 0.4) is 0 Å². The Labute approximate surface area is 145 Å². The van der Waals surface area contributed by atoms with Gasteiger partial charge in [-0.1, -0.05) is 0 Å². The van der Waals surface area contributed by atoms with E-state index < -0.39 is 6.09 Å². The highest BCUT2D eigenvalue weighted by Crippen LogP contribution is 2.28. The van der Waals surface area contributed by atoms with Crippen molar-refractivity contribution in [3.8, 4) is 11.3 Å². The molecule has 1 unspecified atom stereocenters. The van der Waals surface area contributed by atoms with Crippen molar-refractivity contribution in [2.45, 2.75) is 39.2 Å². The minimum atomic E-state index is -0.970. The first kappa shape index (κ1) is 15.6. The fourth-order valence-corrected chi connectivity index (χ4v) is 3.64. The van der Waals surface area contributed by atoms with Crippen LogP contribution in [-0.2, 0) is 12.8 Å². The van der Waals surface area contributed by atoms with Gasteiger partial charge in [-0.05, 0) is 56.5 Å². The Hall–Kier alpha value is -2.89. The Kier molecular flexibility index (Phi) is 3.67. The van der Waals surface area contributed by atoms with Crippen molar-refractivity contribution in [1.82, 2.24) is 20.3 Å². The fraction of sp³-hybridized carbons (Fsp3) is 0.316. The van der Waals surface area contributed by atoms with Crippen LogP contribution in [0.1, 0.15) is 29.1 Å². The second kappa shape index (κ2) is 5.88. The third kappa shape index (κ3) is 3.07. The summed E-state index contributed by atoms with van der Waals surface area (Å²) in [6, 6.07) is 8.27. The number of pyridine rings is 2. The summed E-state index contributed by atoms with van der Waals surface area (Å²) in [5.74, 6) is 0. The summed E-state index contributed by atoms with van der Waals surface area (Å²) in [4.78, 5) is 23.5. The van der Waals surface area contributed by atoms with Crippen molar-refractivity contribution in [3.63, 3.8) is 0 Å². The molecule has 0 saturated carbocycles. The number of nitrogens with zero attached hydrogens (tertiary/aromatic N) is 2. The van der Waals surface area contributed by atoms with Gasteiger partial charge in [0.25, 0.3) is 0 Å². The van der Waals surface area contributed by atoms with Crippen LogP contribution < -0.4 is 5.32 Å². The summed E-state index contributed by atoms with van der Waals surface area (Å²) in [6.45, 7) is 3.98. The van der Waals surface area contributed by atoms with Gasteiger partial charge in [-0.2, -0.15) is 0 Å². The van der Waals surface area contributed by atoms with Gasteiger partial charge in [0, 0.05) is 40.8 Å². The van der Waals surface area contributed by atoms with E-state index in [-0.39, 0.29) is 6.04 Å². The van der Waals surface area contributed by atoms with E-state index in [0.717, 1.165) is 52.2 Å². The minimum absolute atomic E-state index is 0.0566. The third-order valence-corrected chi connectivity index (χ3v) is 4.69. The molecule has 0 bridgehead atoms. The lowest BCUT2D eigenvalue weighted by molar-refractivity contribution is 0.188. The average Bonchev–Trinajstić information content (AvgIpc) is 2.94. The van der Waals surface area contributed by atoms with Crippen LogP contribution in [-0.4, -0.2) is 32.2 Å². The molecule has 1 atom stereocenters. The zero-order valence-corrected chi connectivity index (χ0v) is 14.3. The molecule has 3 aromatic rings. The van der Waals surface area contributed by atoms with E-state index in [4.69, 9.17) is 10.1 Å². The molecule has 6 heteroatoms. The highest BCUT2D eigenvalue weighted by molar-refractivity contribution is 5.83. The number of aryl methyl sites for hydroxylation is 3. The molecule has 1 aliphatic rings. The topological polar surface area (TPSA) is 90.9 Å². The van der Waals surface area contributed by atoms with Crippen LogP contribution in [0.25, 0.3) is 22.3 Å². The Bertz CT molecular complexity index is 957. The zero-order valence-electron chi connectivity index (χ0n) is 14.3. The van der Waals surface area contributed by atoms with E-state index in [9.17, 15) is 4.79 Å². The maximum atomic E-state index is 10.9. The van der Waals surface area contributed by atoms with E-state index in [2.05, 4.69) is 39.6 Å². The Balaban J connectivity index is 1.71. The minimum Gasteiger partial charge on any atom is -0.465 e. The Morgan fingerprint density at radius 3 is 2.68 bits per heavy atom. The fourth-order valence-electron chi connectivity index (χ4n) is 3.64. The highest BCUT2D eigenvalue weighted by Gasteiger charge is 2.22. The van der Waals surface area contributed by atoms with E-state index in [1.807, 2.05) is 13.8 Å². The maximum Gasteiger partial charge on any atom is 0.404 e. The number of carbonyl (C=O) groups is 1. The Morgan fingerprint density at radius 2 is 1.96 bits per heavy atom. The molecule has 25 heavy (non-hydrogen) atoms. The van der Waals surface area contributed by atoms with E-state index in [1.54, 1.807) is 0 Å². The molecule has 6 nitrogen and oxygen atoms in total. The number of nitrogens with one attached hydrogen (secondary N) is 2. The summed E-state index contributed by atoms with van der Waals surface area (Å²) >= 11 is 0. The molecule has 0 saturated heterocycles. The predicted molar refractivity (Wildman–Crippen MR) is 95.8 cm³/mol. The van der Waals surface area contributed by atoms with Gasteiger partial charge in [0.05, 0.1) is 11.0 Å². The van der Waals surface area contributed by atoms with Crippen molar-refractivity contribution < 1.29 is 9.90 Å². The van der Waals surface area contributed by atoms with Gasteiger partial charge in [0.2, 0.25) is 0 Å². The second-order valence-electron chi connectivity index (χ2n) is 6.74. The molecule has 4 rings (SSSR count). The van der Waals surface area contributed by atoms with Crippen LogP contribution in [0.5, 0.6) is 0 Å². The number of amides is 1.